The molecule has 2 spiro atoms. The first-order valence-corrected chi connectivity index (χ1v) is 19.5. The van der Waals surface area contributed by atoms with Crippen molar-refractivity contribution in [3.05, 3.63) is 69.3 Å². The monoisotopic (exact) mass is 746 g/mol. The lowest BCUT2D eigenvalue weighted by Crippen LogP contribution is -2.40. The number of carbonyl (C=O) groups is 4. The minimum absolute atomic E-state index is 0.00553. The second-order valence-electron chi connectivity index (χ2n) is 14.9. The van der Waals surface area contributed by atoms with Gasteiger partial charge < -0.3 is 30.0 Å². The quantitative estimate of drug-likeness (QED) is 0.150. The Balaban J connectivity index is 0.000000197. The molecule has 6 heterocycles. The molecule has 3 N–H and O–H groups in total. The number of ether oxygens (including phenoxy) is 3. The Kier molecular flexibility index (Phi) is 13.0. The third-order valence-corrected chi connectivity index (χ3v) is 11.4. The second-order valence-corrected chi connectivity index (χ2v) is 14.9. The highest BCUT2D eigenvalue weighted by atomic mass is 16.5. The summed E-state index contributed by atoms with van der Waals surface area (Å²) in [4.78, 5) is 48.6. The van der Waals surface area contributed by atoms with E-state index >= 15 is 0 Å². The Morgan fingerprint density at radius 3 is 1.85 bits per heavy atom. The molecule has 3 aromatic rings. The summed E-state index contributed by atoms with van der Waals surface area (Å²) in [6.07, 6.45) is 8.81. The molecule has 0 unspecified atom stereocenters. The first kappa shape index (κ1) is 39.3. The number of aliphatic hydroxyl groups excluding tert-OH is 1. The van der Waals surface area contributed by atoms with Gasteiger partial charge in [0, 0.05) is 75.9 Å². The summed E-state index contributed by atoms with van der Waals surface area (Å²) in [7, 11) is 0. The van der Waals surface area contributed by atoms with Crippen LogP contribution in [0.15, 0.2) is 24.3 Å². The van der Waals surface area contributed by atoms with Crippen LogP contribution in [0.25, 0.3) is 0 Å². The van der Waals surface area contributed by atoms with Crippen LogP contribution >= 0.6 is 0 Å². The van der Waals surface area contributed by atoms with E-state index in [9.17, 15) is 19.2 Å². The van der Waals surface area contributed by atoms with Crippen LogP contribution in [0.5, 0.6) is 0 Å². The molecule has 0 bridgehead atoms. The second kappa shape index (κ2) is 17.8. The summed E-state index contributed by atoms with van der Waals surface area (Å²) < 4.78 is 20.1. The van der Waals surface area contributed by atoms with Crippen molar-refractivity contribution in [3.63, 3.8) is 0 Å². The third-order valence-electron chi connectivity index (χ3n) is 11.4. The molecule has 14 heteroatoms. The van der Waals surface area contributed by atoms with Gasteiger partial charge in [0.15, 0.2) is 0 Å². The Labute approximate surface area is 316 Å². The molecule has 2 amide bonds. The molecule has 1 aromatic carbocycles. The maximum Gasteiger partial charge on any atom is 0.338 e. The number of nitrogens with one attached hydrogen (secondary N) is 2. The summed E-state index contributed by atoms with van der Waals surface area (Å²) in [6.45, 7) is 10.0. The van der Waals surface area contributed by atoms with Crippen molar-refractivity contribution in [2.24, 2.45) is 10.8 Å². The predicted molar refractivity (Wildman–Crippen MR) is 199 cm³/mol. The first-order chi connectivity index (χ1) is 26.2. The van der Waals surface area contributed by atoms with E-state index < -0.39 is 5.97 Å². The fraction of sp³-hybridized carbons (Fsp3) is 0.600. The van der Waals surface area contributed by atoms with E-state index in [-0.39, 0.29) is 35.9 Å². The predicted octanol–water partition coefficient (Wildman–Crippen LogP) is 3.50. The van der Waals surface area contributed by atoms with Crippen molar-refractivity contribution in [1.29, 1.82) is 0 Å². The zero-order valence-corrected chi connectivity index (χ0v) is 31.6. The molecule has 4 aliphatic heterocycles. The summed E-state index contributed by atoms with van der Waals surface area (Å²) in [5, 5.41) is 24.7. The highest BCUT2D eigenvalue weighted by Crippen LogP contribution is 2.39. The molecule has 54 heavy (non-hydrogen) atoms. The molecular formula is C40H54N6O8. The van der Waals surface area contributed by atoms with E-state index in [1.54, 1.807) is 22.9 Å². The standard InChI is InChI=1S/C24H29N3O5.C16H25N3O3/c1-2-27-21-19(14-24(16-25-22(21)29)8-11-31-12-9-24)20(26-27)7-4-10-32-23(30)18-6-3-5-17(13-18)15-28;1-2-19-14-12(13(18-19)4-3-7-20)10-16(11-17-15(14)21)5-8-22-9-6-16/h3,5-6,13,15H,2,4,7-12,14,16H2,1H3,(H,25,29);20H,2-11H2,1H3,(H,17,21). The molecule has 14 nitrogen and oxygen atoms in total. The summed E-state index contributed by atoms with van der Waals surface area (Å²) in [5.41, 5.74) is 6.27. The van der Waals surface area contributed by atoms with Gasteiger partial charge in [-0.3, -0.25) is 23.7 Å². The van der Waals surface area contributed by atoms with E-state index in [0.29, 0.717) is 81.8 Å². The number of carbonyl (C=O) groups excluding carboxylic acids is 4. The van der Waals surface area contributed by atoms with Crippen LogP contribution in [0.1, 0.15) is 117 Å². The largest absolute Gasteiger partial charge is 0.462 e. The fourth-order valence-corrected chi connectivity index (χ4v) is 8.20. The van der Waals surface area contributed by atoms with Crippen LogP contribution in [0, 0.1) is 10.8 Å². The normalized spacial score (nSPS) is 18.6. The van der Waals surface area contributed by atoms with E-state index in [1.807, 2.05) is 18.5 Å². The Bertz CT molecular complexity index is 1800. The summed E-state index contributed by atoms with van der Waals surface area (Å²) in [6, 6.07) is 6.44. The van der Waals surface area contributed by atoms with Gasteiger partial charge in [-0.2, -0.15) is 10.2 Å². The van der Waals surface area contributed by atoms with Crippen LogP contribution in [0.4, 0.5) is 0 Å². The first-order valence-electron chi connectivity index (χ1n) is 19.5. The third kappa shape index (κ3) is 8.76. The summed E-state index contributed by atoms with van der Waals surface area (Å²) in [5.74, 6) is -0.527. The van der Waals surface area contributed by atoms with Crippen LogP contribution in [-0.2, 0) is 53.0 Å². The molecule has 0 saturated carbocycles. The summed E-state index contributed by atoms with van der Waals surface area (Å²) >= 11 is 0. The van der Waals surface area contributed by atoms with Crippen molar-refractivity contribution < 1.29 is 38.5 Å². The zero-order valence-electron chi connectivity index (χ0n) is 31.6. The number of benzene rings is 1. The molecule has 292 valence electrons. The number of amides is 2. The smallest absolute Gasteiger partial charge is 0.338 e. The minimum atomic E-state index is -0.452. The minimum Gasteiger partial charge on any atom is -0.462 e. The van der Waals surface area contributed by atoms with Crippen LogP contribution in [0.3, 0.4) is 0 Å². The SMILES string of the molecule is CCn1nc(CCCO)c2c1C(=O)NCC1(CCOCC1)C2.CCn1nc(CCCOC(=O)c2cccc(C=O)c2)c2c1C(=O)NCC1(CCOCC1)C2. The molecule has 0 radical (unpaired) electrons. The topological polar surface area (TPSA) is 176 Å². The number of nitrogens with zero attached hydrogens (tertiary/aromatic N) is 4. The molecule has 2 aromatic heterocycles. The zero-order chi connectivity index (χ0) is 38.1. The number of aryl methyl sites for hydroxylation is 4. The van der Waals surface area contributed by atoms with Gasteiger partial charge in [0.1, 0.15) is 17.7 Å². The van der Waals surface area contributed by atoms with Crippen molar-refractivity contribution in [1.82, 2.24) is 30.2 Å². The lowest BCUT2D eigenvalue weighted by molar-refractivity contribution is 0.0159. The van der Waals surface area contributed by atoms with Gasteiger partial charge >= 0.3 is 5.97 Å². The number of rotatable bonds is 11. The number of fused-ring (bicyclic) bond motifs is 2. The van der Waals surface area contributed by atoms with Gasteiger partial charge in [0.25, 0.3) is 11.8 Å². The number of aliphatic hydroxyl groups is 1. The van der Waals surface area contributed by atoms with E-state index in [0.717, 1.165) is 86.4 Å². The molecule has 0 atom stereocenters. The molecule has 0 aliphatic carbocycles. The van der Waals surface area contributed by atoms with Crippen molar-refractivity contribution in [2.45, 2.75) is 91.1 Å². The molecule has 7 rings (SSSR count). The average Bonchev–Trinajstić information content (AvgIpc) is 3.64. The number of hydrogen-bond donors (Lipinski definition) is 3. The Morgan fingerprint density at radius 1 is 0.852 bits per heavy atom. The van der Waals surface area contributed by atoms with Gasteiger partial charge in [0.2, 0.25) is 0 Å². The molecule has 4 aliphatic rings. The molecular weight excluding hydrogens is 692 g/mol. The van der Waals surface area contributed by atoms with E-state index in [2.05, 4.69) is 15.7 Å². The van der Waals surface area contributed by atoms with Crippen molar-refractivity contribution in [2.75, 3.05) is 52.7 Å². The number of hydrogen-bond acceptors (Lipinski definition) is 10. The van der Waals surface area contributed by atoms with Crippen molar-refractivity contribution >= 4 is 24.1 Å². The molecule has 2 fully saturated rings. The van der Waals surface area contributed by atoms with Gasteiger partial charge in [0.05, 0.1) is 23.6 Å². The number of esters is 1. The highest BCUT2D eigenvalue weighted by Gasteiger charge is 2.41. The van der Waals surface area contributed by atoms with Crippen molar-refractivity contribution in [3.8, 4) is 0 Å². The lowest BCUT2D eigenvalue weighted by Gasteiger charge is -2.36. The Hall–Kier alpha value is -4.40. The van der Waals surface area contributed by atoms with Crippen LogP contribution in [-0.4, -0.2) is 101 Å². The molecule has 2 saturated heterocycles. The average molecular weight is 747 g/mol. The van der Waals surface area contributed by atoms with Gasteiger partial charge in [-0.15, -0.1) is 0 Å². The van der Waals surface area contributed by atoms with Gasteiger partial charge in [-0.25, -0.2) is 4.79 Å². The highest BCUT2D eigenvalue weighted by molar-refractivity contribution is 5.95. The number of aromatic nitrogens is 4. The fourth-order valence-electron chi connectivity index (χ4n) is 8.20. The Morgan fingerprint density at radius 2 is 1.37 bits per heavy atom. The van der Waals surface area contributed by atoms with Gasteiger partial charge in [-0.1, -0.05) is 12.1 Å². The maximum atomic E-state index is 12.9. The van der Waals surface area contributed by atoms with E-state index in [1.165, 1.54) is 6.07 Å². The van der Waals surface area contributed by atoms with E-state index in [4.69, 9.17) is 24.4 Å². The maximum absolute atomic E-state index is 12.9. The van der Waals surface area contributed by atoms with Crippen LogP contribution in [0.2, 0.25) is 0 Å². The van der Waals surface area contributed by atoms with Gasteiger partial charge in [-0.05, 0) is 101 Å². The van der Waals surface area contributed by atoms with Crippen LogP contribution < -0.4 is 10.6 Å². The number of aldehydes is 1. The lowest BCUT2D eigenvalue weighted by atomic mass is 9.75.